The molecule has 0 saturated carbocycles. The number of carbonyl (C=O) groups excluding carboxylic acids is 1. The Morgan fingerprint density at radius 3 is 2.79 bits per heavy atom. The van der Waals surface area contributed by atoms with Crippen molar-refractivity contribution in [3.05, 3.63) is 39.2 Å². The van der Waals surface area contributed by atoms with Gasteiger partial charge in [-0.25, -0.2) is 9.59 Å². The Morgan fingerprint density at radius 1 is 1.31 bits per heavy atom. The summed E-state index contributed by atoms with van der Waals surface area (Å²) in [5.74, 6) is -0.637. The first-order valence-electron chi connectivity index (χ1n) is 9.97. The highest BCUT2D eigenvalue weighted by molar-refractivity contribution is 5.88. The van der Waals surface area contributed by atoms with Crippen LogP contribution in [0.4, 0.5) is 0 Å². The van der Waals surface area contributed by atoms with Crippen LogP contribution in [-0.4, -0.2) is 40.1 Å². The van der Waals surface area contributed by atoms with Gasteiger partial charge >= 0.3 is 11.6 Å². The molecule has 4 rings (SSSR count). The lowest BCUT2D eigenvalue weighted by Gasteiger charge is -2.32. The molecular weight excluding hydrogens is 374 g/mol. The zero-order valence-electron chi connectivity index (χ0n) is 16.9. The first kappa shape index (κ1) is 19.5. The third-order valence-electron chi connectivity index (χ3n) is 6.04. The molecule has 0 bridgehead atoms. The number of amides is 1. The summed E-state index contributed by atoms with van der Waals surface area (Å²) in [5.41, 5.74) is 1.64. The fraction of sp³-hybridized carbons (Fsp3) is 0.500. The smallest absolute Gasteiger partial charge is 0.340 e. The molecule has 0 unspecified atom stereocenters. The van der Waals surface area contributed by atoms with Crippen molar-refractivity contribution in [2.75, 3.05) is 6.54 Å². The summed E-state index contributed by atoms with van der Waals surface area (Å²) >= 11 is 0. The van der Waals surface area contributed by atoms with Gasteiger partial charge in [-0.1, -0.05) is 0 Å². The summed E-state index contributed by atoms with van der Waals surface area (Å²) in [6.45, 7) is 6.26. The van der Waals surface area contributed by atoms with Crippen LogP contribution in [0.1, 0.15) is 49.8 Å². The Balaban J connectivity index is 1.70. The third-order valence-corrected chi connectivity index (χ3v) is 6.04. The molecule has 3 heterocycles. The fourth-order valence-corrected chi connectivity index (χ4v) is 4.31. The summed E-state index contributed by atoms with van der Waals surface area (Å²) in [5, 5.41) is 10.1. The molecule has 2 aromatic rings. The number of carboxylic acid groups (broad SMARTS) is 1. The number of aliphatic carboxylic acids is 1. The molecule has 29 heavy (non-hydrogen) atoms. The molecule has 2 aliphatic heterocycles. The lowest BCUT2D eigenvalue weighted by Crippen LogP contribution is -2.41. The van der Waals surface area contributed by atoms with Gasteiger partial charge in [0.15, 0.2) is 0 Å². The van der Waals surface area contributed by atoms with Crippen LogP contribution in [0.15, 0.2) is 21.3 Å². The van der Waals surface area contributed by atoms with E-state index in [9.17, 15) is 19.5 Å². The number of aryl methyl sites for hydroxylation is 2. The quantitative estimate of drug-likeness (QED) is 0.797. The Kier molecular flexibility index (Phi) is 4.63. The molecule has 0 aliphatic carbocycles. The maximum atomic E-state index is 12.7. The van der Waals surface area contributed by atoms with Crippen molar-refractivity contribution in [1.82, 2.24) is 4.90 Å². The lowest BCUT2D eigenvalue weighted by atomic mass is 9.92. The maximum absolute atomic E-state index is 12.7. The van der Waals surface area contributed by atoms with Crippen LogP contribution >= 0.6 is 0 Å². The average Bonchev–Trinajstić information content (AvgIpc) is 3.13. The number of hydrogen-bond acceptors (Lipinski definition) is 5. The van der Waals surface area contributed by atoms with Gasteiger partial charge in [0.25, 0.3) is 0 Å². The molecule has 154 valence electrons. The Hall–Kier alpha value is -2.83. The van der Waals surface area contributed by atoms with E-state index in [0.717, 1.165) is 29.5 Å². The molecule has 7 nitrogen and oxygen atoms in total. The summed E-state index contributed by atoms with van der Waals surface area (Å²) in [4.78, 5) is 38.1. The van der Waals surface area contributed by atoms with E-state index in [2.05, 4.69) is 0 Å². The molecule has 0 radical (unpaired) electrons. The van der Waals surface area contributed by atoms with Crippen molar-refractivity contribution in [2.45, 2.75) is 64.5 Å². The minimum atomic E-state index is -1.01. The predicted molar refractivity (Wildman–Crippen MR) is 106 cm³/mol. The van der Waals surface area contributed by atoms with Crippen LogP contribution in [-0.2, 0) is 22.4 Å². The van der Waals surface area contributed by atoms with Crippen LogP contribution in [0.5, 0.6) is 5.75 Å². The summed E-state index contributed by atoms with van der Waals surface area (Å²) in [7, 11) is 0. The fourth-order valence-electron chi connectivity index (χ4n) is 4.31. The molecule has 0 spiro atoms. The highest BCUT2D eigenvalue weighted by Gasteiger charge is 2.34. The third kappa shape index (κ3) is 3.50. The van der Waals surface area contributed by atoms with E-state index in [1.807, 2.05) is 19.9 Å². The maximum Gasteiger partial charge on any atom is 0.340 e. The van der Waals surface area contributed by atoms with Gasteiger partial charge in [0.1, 0.15) is 23.0 Å². The Labute approximate surface area is 168 Å². The van der Waals surface area contributed by atoms with Crippen LogP contribution in [0.2, 0.25) is 0 Å². The van der Waals surface area contributed by atoms with Crippen molar-refractivity contribution in [1.29, 1.82) is 0 Å². The monoisotopic (exact) mass is 399 g/mol. The molecule has 1 aromatic carbocycles. The van der Waals surface area contributed by atoms with Crippen LogP contribution < -0.4 is 10.4 Å². The van der Waals surface area contributed by atoms with Crippen LogP contribution in [0, 0.1) is 6.92 Å². The van der Waals surface area contributed by atoms with Gasteiger partial charge in [-0.05, 0) is 63.6 Å². The number of rotatable bonds is 3. The van der Waals surface area contributed by atoms with Gasteiger partial charge in [-0.3, -0.25) is 4.79 Å². The predicted octanol–water partition coefficient (Wildman–Crippen LogP) is 2.82. The van der Waals surface area contributed by atoms with Crippen molar-refractivity contribution in [2.24, 2.45) is 0 Å². The molecule has 2 aliphatic rings. The standard InChI is InChI=1S/C22H25NO6/c1-12-14-9-13-6-7-22(2,3)29-17(13)11-18(14)28-21(27)15(12)10-19(24)23-8-4-5-16(23)20(25)26/h9,11,16H,4-8,10H2,1-3H3,(H,25,26)/t16-/m1/s1. The normalized spacial score (nSPS) is 20.4. The van der Waals surface area contributed by atoms with Gasteiger partial charge in [0.2, 0.25) is 5.91 Å². The number of likely N-dealkylation sites (tertiary alicyclic amines) is 1. The lowest BCUT2D eigenvalue weighted by molar-refractivity contribution is -0.148. The van der Waals surface area contributed by atoms with Crippen molar-refractivity contribution >= 4 is 22.8 Å². The molecule has 1 saturated heterocycles. The number of benzene rings is 1. The van der Waals surface area contributed by atoms with Gasteiger partial charge in [-0.15, -0.1) is 0 Å². The van der Waals surface area contributed by atoms with Crippen molar-refractivity contribution in [3.8, 4) is 5.75 Å². The zero-order chi connectivity index (χ0) is 20.9. The highest BCUT2D eigenvalue weighted by Crippen LogP contribution is 2.36. The van der Waals surface area contributed by atoms with E-state index in [-0.39, 0.29) is 23.5 Å². The number of fused-ring (bicyclic) bond motifs is 2. The molecule has 1 N–H and O–H groups in total. The molecule has 1 aromatic heterocycles. The zero-order valence-corrected chi connectivity index (χ0v) is 16.9. The van der Waals surface area contributed by atoms with Gasteiger partial charge in [0.05, 0.1) is 12.0 Å². The van der Waals surface area contributed by atoms with Gasteiger partial charge < -0.3 is 19.2 Å². The Bertz CT molecular complexity index is 1070. The second-order valence-corrected chi connectivity index (χ2v) is 8.57. The molecule has 1 atom stereocenters. The van der Waals surface area contributed by atoms with E-state index < -0.39 is 17.6 Å². The van der Waals surface area contributed by atoms with E-state index in [1.165, 1.54) is 4.90 Å². The van der Waals surface area contributed by atoms with Crippen LogP contribution in [0.3, 0.4) is 0 Å². The number of ether oxygens (including phenoxy) is 1. The van der Waals surface area contributed by atoms with E-state index in [4.69, 9.17) is 9.15 Å². The number of carboxylic acids is 1. The Morgan fingerprint density at radius 2 is 2.07 bits per heavy atom. The minimum absolute atomic E-state index is 0.158. The van der Waals surface area contributed by atoms with Crippen molar-refractivity contribution in [3.63, 3.8) is 0 Å². The van der Waals surface area contributed by atoms with E-state index in [1.54, 1.807) is 13.0 Å². The highest BCUT2D eigenvalue weighted by atomic mass is 16.5. The largest absolute Gasteiger partial charge is 0.487 e. The minimum Gasteiger partial charge on any atom is -0.487 e. The van der Waals surface area contributed by atoms with E-state index in [0.29, 0.717) is 30.5 Å². The van der Waals surface area contributed by atoms with E-state index >= 15 is 0 Å². The number of hydrogen-bond donors (Lipinski definition) is 1. The SMILES string of the molecule is Cc1c(CC(=O)N2CCC[C@@H]2C(=O)O)c(=O)oc2cc3c(cc12)CCC(C)(C)O3. The molecule has 1 amide bonds. The first-order valence-corrected chi connectivity index (χ1v) is 9.97. The molecular formula is C22H25NO6. The van der Waals surface area contributed by atoms with Gasteiger partial charge in [-0.2, -0.15) is 0 Å². The number of nitrogens with zero attached hydrogens (tertiary/aromatic N) is 1. The molecule has 1 fully saturated rings. The van der Waals surface area contributed by atoms with Crippen molar-refractivity contribution < 1.29 is 23.8 Å². The molecule has 7 heteroatoms. The second-order valence-electron chi connectivity index (χ2n) is 8.57. The summed E-state index contributed by atoms with van der Waals surface area (Å²) in [6.07, 6.45) is 2.68. The number of carbonyl (C=O) groups is 2. The summed E-state index contributed by atoms with van der Waals surface area (Å²) in [6, 6.07) is 2.91. The summed E-state index contributed by atoms with van der Waals surface area (Å²) < 4.78 is 11.5. The van der Waals surface area contributed by atoms with Gasteiger partial charge in [0, 0.05) is 18.0 Å². The first-order chi connectivity index (χ1) is 13.7. The second kappa shape index (κ2) is 6.90. The topological polar surface area (TPSA) is 97.1 Å². The average molecular weight is 399 g/mol. The van der Waals surface area contributed by atoms with Crippen LogP contribution in [0.25, 0.3) is 11.0 Å².